The smallest absolute Gasteiger partial charge is 0.381 e. The van der Waals surface area contributed by atoms with Gasteiger partial charge in [-0.2, -0.15) is 21.6 Å². The Morgan fingerprint density at radius 2 is 1.80 bits per heavy atom. The van der Waals surface area contributed by atoms with E-state index in [1.54, 1.807) is 6.92 Å². The zero-order valence-electron chi connectivity index (χ0n) is 16.0. The van der Waals surface area contributed by atoms with Gasteiger partial charge in [-0.3, -0.25) is 0 Å². The van der Waals surface area contributed by atoms with Gasteiger partial charge >= 0.3 is 15.6 Å². The average molecular weight is 399 g/mol. The third-order valence-corrected chi connectivity index (χ3v) is 14.2. The molecule has 0 radical (unpaired) electrons. The van der Waals surface area contributed by atoms with Gasteiger partial charge in [0.2, 0.25) is 0 Å². The van der Waals surface area contributed by atoms with Crippen LogP contribution >= 0.6 is 0 Å². The molecular weight excluding hydrogens is 369 g/mol. The van der Waals surface area contributed by atoms with Gasteiger partial charge in [-0.05, 0) is 30.9 Å². The van der Waals surface area contributed by atoms with E-state index >= 15 is 0 Å². The molecule has 0 fully saturated rings. The lowest BCUT2D eigenvalue weighted by atomic mass is 9.84. The molecule has 25 heavy (non-hydrogen) atoms. The second kappa shape index (κ2) is 6.44. The van der Waals surface area contributed by atoms with E-state index < -0.39 is 28.7 Å². The fourth-order valence-corrected chi connectivity index (χ4v) is 6.96. The summed E-state index contributed by atoms with van der Waals surface area (Å²) in [4.78, 5) is 0. The molecule has 146 valence electrons. The maximum Gasteiger partial charge on any atom is 0.534 e. The molecule has 0 saturated heterocycles. The Kier molecular flexibility index (Phi) is 5.74. The van der Waals surface area contributed by atoms with Crippen LogP contribution in [0.5, 0.6) is 0 Å². The van der Waals surface area contributed by atoms with Crippen LogP contribution in [-0.2, 0) is 14.3 Å². The maximum atomic E-state index is 12.9. The van der Waals surface area contributed by atoms with Gasteiger partial charge in [-0.15, -0.1) is 0 Å². The van der Waals surface area contributed by atoms with Crippen LogP contribution < -0.4 is 0 Å². The Labute approximate surface area is 150 Å². The number of rotatable bonds is 4. The van der Waals surface area contributed by atoms with E-state index in [1.165, 1.54) is 6.08 Å². The summed E-state index contributed by atoms with van der Waals surface area (Å²) in [5, 5.41) is -0.877. The van der Waals surface area contributed by atoms with Crippen molar-refractivity contribution in [3.63, 3.8) is 0 Å². The zero-order valence-corrected chi connectivity index (χ0v) is 17.9. The monoisotopic (exact) mass is 398 g/mol. The van der Waals surface area contributed by atoms with Crippen molar-refractivity contribution in [2.75, 3.05) is 0 Å². The van der Waals surface area contributed by atoms with Crippen LogP contribution in [0.25, 0.3) is 0 Å². The molecule has 0 heterocycles. The van der Waals surface area contributed by atoms with Crippen LogP contribution in [-0.4, -0.2) is 22.0 Å². The topological polar surface area (TPSA) is 43.4 Å². The van der Waals surface area contributed by atoms with Crippen molar-refractivity contribution < 1.29 is 25.8 Å². The lowest BCUT2D eigenvalue weighted by molar-refractivity contribution is -0.0527. The summed E-state index contributed by atoms with van der Waals surface area (Å²) in [7, 11) is -7.97. The maximum absolute atomic E-state index is 12.9. The fraction of sp³-hybridized carbons (Fsp3) is 0.765. The summed E-state index contributed by atoms with van der Waals surface area (Å²) in [6.07, 6.45) is 2.83. The zero-order chi connectivity index (χ0) is 20.1. The van der Waals surface area contributed by atoms with E-state index in [0.29, 0.717) is 6.42 Å². The summed E-state index contributed by atoms with van der Waals surface area (Å²) in [5.41, 5.74) is -4.67. The van der Waals surface area contributed by atoms with E-state index in [9.17, 15) is 21.6 Å². The summed E-state index contributed by atoms with van der Waals surface area (Å²) >= 11 is 0. The predicted molar refractivity (Wildman–Crippen MR) is 97.2 cm³/mol. The van der Waals surface area contributed by atoms with E-state index in [0.717, 1.165) is 12.0 Å². The third kappa shape index (κ3) is 3.99. The SMILES string of the molecule is C=C(C)[C@@H]1C=C(OS(=O)(=O)C(F)(F)F)[C@@](C)([Si](C)(C)C(C)(C)C)CC1. The van der Waals surface area contributed by atoms with Crippen LogP contribution in [0.4, 0.5) is 13.2 Å². The summed E-state index contributed by atoms with van der Waals surface area (Å²) < 4.78 is 66.7. The van der Waals surface area contributed by atoms with Crippen LogP contribution in [0.1, 0.15) is 47.5 Å². The fourth-order valence-electron chi connectivity index (χ4n) is 3.14. The lowest BCUT2D eigenvalue weighted by Crippen LogP contribution is -2.51. The van der Waals surface area contributed by atoms with Gasteiger partial charge in [0.25, 0.3) is 0 Å². The van der Waals surface area contributed by atoms with Crippen molar-refractivity contribution in [1.29, 1.82) is 0 Å². The predicted octanol–water partition coefficient (Wildman–Crippen LogP) is 5.99. The number of halogens is 3. The largest absolute Gasteiger partial charge is 0.534 e. The molecule has 1 rings (SSSR count). The van der Waals surface area contributed by atoms with Gasteiger partial charge in [0.05, 0.1) is 8.07 Å². The van der Waals surface area contributed by atoms with Crippen LogP contribution in [0, 0.1) is 5.92 Å². The van der Waals surface area contributed by atoms with E-state index in [2.05, 4.69) is 19.7 Å². The minimum absolute atomic E-state index is 0.0735. The minimum Gasteiger partial charge on any atom is -0.381 e. The van der Waals surface area contributed by atoms with Crippen LogP contribution in [0.2, 0.25) is 23.2 Å². The van der Waals surface area contributed by atoms with Crippen molar-refractivity contribution in [2.45, 2.75) is 76.1 Å². The number of hydrogen-bond donors (Lipinski definition) is 0. The number of alkyl halides is 3. The second-order valence-corrected chi connectivity index (χ2v) is 16.1. The molecule has 8 heteroatoms. The summed E-state index contributed by atoms with van der Waals surface area (Å²) in [6.45, 7) is 17.8. The van der Waals surface area contributed by atoms with Gasteiger partial charge in [-0.1, -0.05) is 52.9 Å². The first-order valence-corrected chi connectivity index (χ1v) is 12.7. The van der Waals surface area contributed by atoms with Crippen molar-refractivity contribution in [3.8, 4) is 0 Å². The summed E-state index contributed by atoms with van der Waals surface area (Å²) in [6, 6.07) is 0. The van der Waals surface area contributed by atoms with Gasteiger partial charge in [0.15, 0.2) is 0 Å². The molecule has 0 aromatic carbocycles. The highest BCUT2D eigenvalue weighted by Gasteiger charge is 2.57. The first-order chi connectivity index (χ1) is 10.9. The highest BCUT2D eigenvalue weighted by atomic mass is 32.2. The molecule has 0 N–H and O–H groups in total. The summed E-state index contributed by atoms with van der Waals surface area (Å²) in [5.74, 6) is -0.257. The van der Waals surface area contributed by atoms with Gasteiger partial charge < -0.3 is 4.18 Å². The molecule has 0 aliphatic heterocycles. The Morgan fingerprint density at radius 1 is 1.32 bits per heavy atom. The molecule has 0 unspecified atom stereocenters. The molecular formula is C17H29F3O3SSi. The Morgan fingerprint density at radius 3 is 2.16 bits per heavy atom. The van der Waals surface area contributed by atoms with Crippen LogP contribution in [0.15, 0.2) is 24.0 Å². The highest BCUT2D eigenvalue weighted by molar-refractivity contribution is 7.87. The first kappa shape index (κ1) is 22.3. The molecule has 2 atom stereocenters. The Bertz CT molecular complexity index is 672. The van der Waals surface area contributed by atoms with Gasteiger partial charge in [0.1, 0.15) is 5.76 Å². The van der Waals surface area contributed by atoms with Crippen molar-refractivity contribution in [2.24, 2.45) is 5.92 Å². The molecule has 0 spiro atoms. The molecule has 3 nitrogen and oxygen atoms in total. The minimum atomic E-state index is -5.70. The van der Waals surface area contributed by atoms with Crippen molar-refractivity contribution in [1.82, 2.24) is 0 Å². The van der Waals surface area contributed by atoms with E-state index in [1.807, 2.05) is 27.7 Å². The quantitative estimate of drug-likeness (QED) is 0.253. The van der Waals surface area contributed by atoms with Crippen molar-refractivity contribution >= 4 is 18.2 Å². The van der Waals surface area contributed by atoms with E-state index in [4.69, 9.17) is 4.18 Å². The second-order valence-electron chi connectivity index (χ2n) is 8.71. The van der Waals surface area contributed by atoms with E-state index in [-0.39, 0.29) is 16.7 Å². The van der Waals surface area contributed by atoms with Gasteiger partial charge in [0, 0.05) is 11.0 Å². The number of allylic oxidation sites excluding steroid dienone is 3. The molecule has 0 saturated carbocycles. The van der Waals surface area contributed by atoms with Crippen molar-refractivity contribution in [3.05, 3.63) is 24.0 Å². The van der Waals surface area contributed by atoms with Crippen LogP contribution in [0.3, 0.4) is 0 Å². The molecule has 1 aliphatic carbocycles. The highest BCUT2D eigenvalue weighted by Crippen LogP contribution is 2.61. The number of hydrogen-bond acceptors (Lipinski definition) is 3. The average Bonchev–Trinajstić information content (AvgIpc) is 2.37. The molecule has 0 amide bonds. The Balaban J connectivity index is 3.53. The lowest BCUT2D eigenvalue weighted by Gasteiger charge is -2.53. The molecule has 0 aromatic rings. The normalized spacial score (nSPS) is 26.2. The standard InChI is InChI=1S/C17H29F3O3SSi/c1-12(2)13-9-10-16(6,25(7,8)15(3,4)5)14(11-13)23-24(21,22)17(18,19)20/h11,13H,1,9-10H2,2-8H3/t13-,16-/m0/s1. The Hall–Kier alpha value is -0.763. The van der Waals surface area contributed by atoms with Gasteiger partial charge in [-0.25, -0.2) is 0 Å². The molecule has 0 bridgehead atoms. The third-order valence-electron chi connectivity index (χ3n) is 6.22. The molecule has 1 aliphatic rings. The molecule has 0 aromatic heterocycles. The first-order valence-electron chi connectivity index (χ1n) is 8.25.